The molecule has 0 radical (unpaired) electrons. The van der Waals surface area contributed by atoms with Gasteiger partial charge in [-0.05, 0) is 73.8 Å². The van der Waals surface area contributed by atoms with Gasteiger partial charge in [-0.1, -0.05) is 41.9 Å². The molecule has 1 N–H and O–H groups in total. The number of benzene rings is 2. The van der Waals surface area contributed by atoms with Gasteiger partial charge in [-0.2, -0.15) is 0 Å². The number of nitrogens with zero attached hydrogens (tertiary/aromatic N) is 2. The molecular weight excluding hydrogens is 436 g/mol. The van der Waals surface area contributed by atoms with E-state index in [0.29, 0.717) is 43.4 Å². The van der Waals surface area contributed by atoms with Gasteiger partial charge in [0.05, 0.1) is 5.60 Å². The van der Waals surface area contributed by atoms with Crippen molar-refractivity contribution in [1.82, 2.24) is 9.80 Å². The van der Waals surface area contributed by atoms with E-state index in [2.05, 4.69) is 0 Å². The fraction of sp³-hybridized carbons (Fsp3) is 0.481. The SMILES string of the molecule is O=C1c2ccccc2CN1CC1CCC(C(=O)N2CCC(O)(c3ccc(Cl)cc3)CC2)CC1. The molecule has 5 rings (SSSR count). The average Bonchev–Trinajstić information content (AvgIpc) is 3.15. The first-order valence-corrected chi connectivity index (χ1v) is 12.5. The lowest BCUT2D eigenvalue weighted by atomic mass is 9.80. The van der Waals surface area contributed by atoms with Crippen LogP contribution < -0.4 is 0 Å². The lowest BCUT2D eigenvalue weighted by molar-refractivity contribution is -0.141. The third kappa shape index (κ3) is 4.53. The third-order valence-electron chi connectivity index (χ3n) is 7.85. The molecule has 2 heterocycles. The van der Waals surface area contributed by atoms with Crippen LogP contribution in [0.15, 0.2) is 48.5 Å². The van der Waals surface area contributed by atoms with E-state index in [4.69, 9.17) is 11.6 Å². The van der Waals surface area contributed by atoms with Crippen LogP contribution in [-0.4, -0.2) is 46.4 Å². The van der Waals surface area contributed by atoms with Gasteiger partial charge < -0.3 is 14.9 Å². The minimum absolute atomic E-state index is 0.0643. The Morgan fingerprint density at radius 1 is 1.00 bits per heavy atom. The van der Waals surface area contributed by atoms with Gasteiger partial charge in [-0.25, -0.2) is 0 Å². The van der Waals surface area contributed by atoms with Crippen molar-refractivity contribution < 1.29 is 14.7 Å². The van der Waals surface area contributed by atoms with E-state index in [1.165, 1.54) is 0 Å². The van der Waals surface area contributed by atoms with Gasteiger partial charge in [-0.3, -0.25) is 9.59 Å². The smallest absolute Gasteiger partial charge is 0.254 e. The zero-order valence-electron chi connectivity index (χ0n) is 18.9. The summed E-state index contributed by atoms with van der Waals surface area (Å²) in [4.78, 5) is 29.7. The molecule has 2 fully saturated rings. The number of piperidine rings is 1. The normalized spacial score (nSPS) is 24.6. The molecule has 1 saturated heterocycles. The number of carbonyl (C=O) groups is 2. The van der Waals surface area contributed by atoms with E-state index >= 15 is 0 Å². The minimum Gasteiger partial charge on any atom is -0.385 e. The monoisotopic (exact) mass is 466 g/mol. The number of hydrogen-bond acceptors (Lipinski definition) is 3. The van der Waals surface area contributed by atoms with Crippen LogP contribution in [0.25, 0.3) is 0 Å². The lowest BCUT2D eigenvalue weighted by Crippen LogP contribution is -2.47. The average molecular weight is 467 g/mol. The molecule has 174 valence electrons. The fourth-order valence-electron chi connectivity index (χ4n) is 5.77. The molecule has 2 aliphatic heterocycles. The second-order valence-corrected chi connectivity index (χ2v) is 10.4. The number of fused-ring (bicyclic) bond motifs is 1. The van der Waals surface area contributed by atoms with Gasteiger partial charge in [0.1, 0.15) is 0 Å². The van der Waals surface area contributed by atoms with Crippen molar-refractivity contribution in [3.8, 4) is 0 Å². The summed E-state index contributed by atoms with van der Waals surface area (Å²) in [5.41, 5.74) is 1.94. The summed E-state index contributed by atoms with van der Waals surface area (Å²) in [5, 5.41) is 11.7. The number of halogens is 1. The molecule has 0 atom stereocenters. The topological polar surface area (TPSA) is 60.9 Å². The summed E-state index contributed by atoms with van der Waals surface area (Å²) in [6.07, 6.45) is 4.84. The van der Waals surface area contributed by atoms with Crippen molar-refractivity contribution in [2.45, 2.75) is 50.7 Å². The number of carbonyl (C=O) groups excluding carboxylic acids is 2. The molecule has 2 amide bonds. The standard InChI is InChI=1S/C27H31ClN2O3/c28-23-11-9-22(10-12-23)27(33)13-15-29(16-14-27)25(31)20-7-5-19(6-8-20)17-30-18-21-3-1-2-4-24(21)26(30)32/h1-4,9-12,19-20,33H,5-8,13-18H2. The van der Waals surface area contributed by atoms with E-state index in [1.54, 1.807) is 12.1 Å². The Balaban J connectivity index is 1.10. The molecule has 2 aromatic carbocycles. The minimum atomic E-state index is -0.890. The molecule has 6 heteroatoms. The van der Waals surface area contributed by atoms with E-state index in [9.17, 15) is 14.7 Å². The maximum Gasteiger partial charge on any atom is 0.254 e. The highest BCUT2D eigenvalue weighted by Gasteiger charge is 2.38. The van der Waals surface area contributed by atoms with Crippen molar-refractivity contribution in [3.63, 3.8) is 0 Å². The van der Waals surface area contributed by atoms with E-state index < -0.39 is 5.60 Å². The summed E-state index contributed by atoms with van der Waals surface area (Å²) in [7, 11) is 0. The highest BCUT2D eigenvalue weighted by molar-refractivity contribution is 6.30. The first kappa shape index (κ1) is 22.4. The van der Waals surface area contributed by atoms with Crippen molar-refractivity contribution in [2.24, 2.45) is 11.8 Å². The van der Waals surface area contributed by atoms with Crippen LogP contribution in [0.1, 0.15) is 60.0 Å². The maximum absolute atomic E-state index is 13.2. The second-order valence-electron chi connectivity index (χ2n) is 9.92. The summed E-state index contributed by atoms with van der Waals surface area (Å²) in [6.45, 7) is 2.65. The fourth-order valence-corrected chi connectivity index (χ4v) is 5.90. The van der Waals surface area contributed by atoms with Crippen LogP contribution in [0.5, 0.6) is 0 Å². The van der Waals surface area contributed by atoms with Crippen LogP contribution in [-0.2, 0) is 16.9 Å². The zero-order chi connectivity index (χ0) is 23.0. The molecule has 0 aromatic heterocycles. The number of hydrogen-bond donors (Lipinski definition) is 1. The highest BCUT2D eigenvalue weighted by Crippen LogP contribution is 2.36. The van der Waals surface area contributed by atoms with E-state index in [1.807, 2.05) is 46.2 Å². The summed E-state index contributed by atoms with van der Waals surface area (Å²) in [5.74, 6) is 0.902. The quantitative estimate of drug-likeness (QED) is 0.715. The molecule has 0 spiro atoms. The van der Waals surface area contributed by atoms with Gasteiger partial charge in [-0.15, -0.1) is 0 Å². The summed E-state index contributed by atoms with van der Waals surface area (Å²) < 4.78 is 0. The second kappa shape index (κ2) is 9.11. The van der Waals surface area contributed by atoms with Crippen LogP contribution in [0.3, 0.4) is 0 Å². The highest BCUT2D eigenvalue weighted by atomic mass is 35.5. The number of rotatable bonds is 4. The van der Waals surface area contributed by atoms with Gasteiger partial charge in [0.25, 0.3) is 5.91 Å². The van der Waals surface area contributed by atoms with Crippen molar-refractivity contribution >= 4 is 23.4 Å². The molecule has 0 unspecified atom stereocenters. The summed E-state index contributed by atoms with van der Waals surface area (Å²) in [6, 6.07) is 15.2. The number of aliphatic hydroxyl groups is 1. The van der Waals surface area contributed by atoms with Crippen LogP contribution >= 0.6 is 11.6 Å². The zero-order valence-corrected chi connectivity index (χ0v) is 19.6. The van der Waals surface area contributed by atoms with Crippen molar-refractivity contribution in [2.75, 3.05) is 19.6 Å². The molecule has 1 aliphatic carbocycles. The molecular formula is C27H31ClN2O3. The van der Waals surface area contributed by atoms with Gasteiger partial charge >= 0.3 is 0 Å². The Bertz CT molecular complexity index is 1020. The Hall–Kier alpha value is -2.37. The predicted molar refractivity (Wildman–Crippen MR) is 128 cm³/mol. The van der Waals surface area contributed by atoms with Crippen LogP contribution in [0.2, 0.25) is 5.02 Å². The van der Waals surface area contributed by atoms with E-state index in [-0.39, 0.29) is 17.7 Å². The summed E-state index contributed by atoms with van der Waals surface area (Å²) >= 11 is 5.98. The Morgan fingerprint density at radius 2 is 1.67 bits per heavy atom. The third-order valence-corrected chi connectivity index (χ3v) is 8.11. The number of likely N-dealkylation sites (tertiary alicyclic amines) is 1. The van der Waals surface area contributed by atoms with Crippen LogP contribution in [0, 0.1) is 11.8 Å². The molecule has 0 bridgehead atoms. The Labute approximate surface area is 200 Å². The lowest BCUT2D eigenvalue weighted by Gasteiger charge is -2.40. The Kier molecular flexibility index (Phi) is 6.19. The first-order chi connectivity index (χ1) is 15.9. The number of amides is 2. The van der Waals surface area contributed by atoms with E-state index in [0.717, 1.165) is 48.9 Å². The van der Waals surface area contributed by atoms with Gasteiger partial charge in [0, 0.05) is 42.7 Å². The molecule has 2 aromatic rings. The van der Waals surface area contributed by atoms with Gasteiger partial charge in [0.2, 0.25) is 5.91 Å². The molecule has 5 nitrogen and oxygen atoms in total. The largest absolute Gasteiger partial charge is 0.385 e. The van der Waals surface area contributed by atoms with Gasteiger partial charge in [0.15, 0.2) is 0 Å². The maximum atomic E-state index is 13.2. The van der Waals surface area contributed by atoms with Crippen molar-refractivity contribution in [1.29, 1.82) is 0 Å². The van der Waals surface area contributed by atoms with Crippen molar-refractivity contribution in [3.05, 3.63) is 70.2 Å². The predicted octanol–water partition coefficient (Wildman–Crippen LogP) is 4.61. The Morgan fingerprint density at radius 3 is 2.33 bits per heavy atom. The molecule has 33 heavy (non-hydrogen) atoms. The van der Waals surface area contributed by atoms with Crippen LogP contribution in [0.4, 0.5) is 0 Å². The molecule has 3 aliphatic rings. The first-order valence-electron chi connectivity index (χ1n) is 12.1. The molecule has 1 saturated carbocycles.